The minimum atomic E-state index is -0.743. The Kier molecular flexibility index (Phi) is 6.82. The molecule has 1 aromatic carbocycles. The van der Waals surface area contributed by atoms with Gasteiger partial charge in [-0.05, 0) is 83.3 Å². The Morgan fingerprint density at radius 3 is 2.39 bits per heavy atom. The smallest absolute Gasteiger partial charge is 0.224 e. The van der Waals surface area contributed by atoms with Gasteiger partial charge in [0.05, 0.1) is 23.6 Å². The molecular formula is C26H34F2N6O2. The van der Waals surface area contributed by atoms with E-state index in [1.807, 2.05) is 18.4 Å². The number of hydrogen-bond acceptors (Lipinski definition) is 7. The van der Waals surface area contributed by atoms with Crippen LogP contribution >= 0.6 is 0 Å². The Morgan fingerprint density at radius 2 is 1.72 bits per heavy atom. The van der Waals surface area contributed by atoms with E-state index in [1.165, 1.54) is 12.1 Å². The van der Waals surface area contributed by atoms with Crippen LogP contribution in [0.25, 0.3) is 11.2 Å². The average molecular weight is 501 g/mol. The van der Waals surface area contributed by atoms with Crippen LogP contribution in [0, 0.1) is 17.6 Å². The number of nitrogens with one attached hydrogen (secondary N) is 2. The van der Waals surface area contributed by atoms with Gasteiger partial charge in [0.25, 0.3) is 0 Å². The van der Waals surface area contributed by atoms with Gasteiger partial charge < -0.3 is 20.8 Å². The number of aromatic nitrogens is 4. The summed E-state index contributed by atoms with van der Waals surface area (Å²) in [5.74, 6) is -0.229. The lowest BCUT2D eigenvalue weighted by atomic mass is 9.77. The van der Waals surface area contributed by atoms with E-state index >= 15 is 0 Å². The summed E-state index contributed by atoms with van der Waals surface area (Å²) >= 11 is 0. The molecule has 0 radical (unpaired) electrons. The Labute approximate surface area is 209 Å². The highest BCUT2D eigenvalue weighted by Crippen LogP contribution is 2.40. The number of hydrogen-bond donors (Lipinski definition) is 4. The fourth-order valence-corrected chi connectivity index (χ4v) is 5.55. The number of benzene rings is 1. The first-order valence-electron chi connectivity index (χ1n) is 12.8. The third-order valence-electron chi connectivity index (χ3n) is 7.70. The molecule has 3 aromatic rings. The van der Waals surface area contributed by atoms with Crippen LogP contribution in [0.15, 0.2) is 24.4 Å². The van der Waals surface area contributed by atoms with E-state index < -0.39 is 17.2 Å². The molecule has 8 nitrogen and oxygen atoms in total. The molecule has 0 bridgehead atoms. The molecule has 0 amide bonds. The number of halogens is 2. The van der Waals surface area contributed by atoms with E-state index in [0.29, 0.717) is 23.1 Å². The fourth-order valence-electron chi connectivity index (χ4n) is 5.55. The molecule has 2 aliphatic rings. The van der Waals surface area contributed by atoms with Crippen LogP contribution in [0.2, 0.25) is 0 Å². The van der Waals surface area contributed by atoms with Gasteiger partial charge >= 0.3 is 0 Å². The summed E-state index contributed by atoms with van der Waals surface area (Å²) in [5, 5.41) is 26.7. The normalized spacial score (nSPS) is 25.2. The topological polar surface area (TPSA) is 108 Å². The summed E-state index contributed by atoms with van der Waals surface area (Å²) in [4.78, 5) is 13.9. The molecule has 0 atom stereocenters. The summed E-state index contributed by atoms with van der Waals surface area (Å²) < 4.78 is 29.9. The molecule has 36 heavy (non-hydrogen) atoms. The number of anilines is 3. The van der Waals surface area contributed by atoms with E-state index in [4.69, 9.17) is 4.98 Å². The summed E-state index contributed by atoms with van der Waals surface area (Å²) in [5.41, 5.74) is 0.604. The maximum absolute atomic E-state index is 14.5. The van der Waals surface area contributed by atoms with E-state index in [-0.39, 0.29) is 29.8 Å². The van der Waals surface area contributed by atoms with Crippen molar-refractivity contribution in [1.29, 1.82) is 0 Å². The number of aliphatic hydroxyl groups is 2. The number of imidazole rings is 1. The van der Waals surface area contributed by atoms with Crippen LogP contribution in [0.3, 0.4) is 0 Å². The van der Waals surface area contributed by atoms with Crippen LogP contribution < -0.4 is 10.6 Å². The lowest BCUT2D eigenvalue weighted by Gasteiger charge is -2.36. The van der Waals surface area contributed by atoms with E-state index in [2.05, 4.69) is 20.6 Å². The molecule has 2 aliphatic carbocycles. The zero-order valence-electron chi connectivity index (χ0n) is 20.7. The highest BCUT2D eigenvalue weighted by molar-refractivity contribution is 5.76. The molecule has 2 heterocycles. The molecule has 0 spiro atoms. The van der Waals surface area contributed by atoms with Crippen molar-refractivity contribution in [2.45, 2.75) is 89.0 Å². The first kappa shape index (κ1) is 24.8. The average Bonchev–Trinajstić information content (AvgIpc) is 3.19. The van der Waals surface area contributed by atoms with Crippen LogP contribution in [-0.4, -0.2) is 47.5 Å². The van der Waals surface area contributed by atoms with Crippen molar-refractivity contribution in [2.24, 2.45) is 5.92 Å². The third kappa shape index (κ3) is 5.29. The van der Waals surface area contributed by atoms with Crippen molar-refractivity contribution in [3.05, 3.63) is 36.0 Å². The zero-order valence-corrected chi connectivity index (χ0v) is 20.7. The molecule has 2 aromatic heterocycles. The van der Waals surface area contributed by atoms with Gasteiger partial charge in [-0.1, -0.05) is 0 Å². The summed E-state index contributed by atoms with van der Waals surface area (Å²) in [6.07, 6.45) is 7.93. The van der Waals surface area contributed by atoms with Gasteiger partial charge in [0.1, 0.15) is 17.2 Å². The van der Waals surface area contributed by atoms with E-state index in [0.717, 1.165) is 57.4 Å². The van der Waals surface area contributed by atoms with Crippen molar-refractivity contribution in [1.82, 2.24) is 19.5 Å². The second kappa shape index (κ2) is 9.89. The van der Waals surface area contributed by atoms with Gasteiger partial charge in [0.15, 0.2) is 5.65 Å². The lowest BCUT2D eigenvalue weighted by Crippen LogP contribution is -2.34. The Balaban J connectivity index is 1.48. The SMILES string of the molecule is CC(C)(O)C1CCC(n2c(Nc3ccc(F)cc3F)nc3cnc(NC4CCC(O)CC4)nc32)CC1. The summed E-state index contributed by atoms with van der Waals surface area (Å²) in [6, 6.07) is 3.64. The number of fused-ring (bicyclic) bond motifs is 1. The molecule has 0 saturated heterocycles. The van der Waals surface area contributed by atoms with E-state index in [9.17, 15) is 19.0 Å². The van der Waals surface area contributed by atoms with Gasteiger partial charge in [-0.3, -0.25) is 4.57 Å². The molecule has 194 valence electrons. The van der Waals surface area contributed by atoms with Gasteiger partial charge in [-0.2, -0.15) is 4.98 Å². The predicted molar refractivity (Wildman–Crippen MR) is 134 cm³/mol. The first-order chi connectivity index (χ1) is 17.2. The monoisotopic (exact) mass is 500 g/mol. The Hall–Kier alpha value is -2.85. The second-order valence-electron chi connectivity index (χ2n) is 10.8. The molecular weight excluding hydrogens is 466 g/mol. The molecule has 0 aliphatic heterocycles. The van der Waals surface area contributed by atoms with Gasteiger partial charge in [0.2, 0.25) is 11.9 Å². The minimum Gasteiger partial charge on any atom is -0.393 e. The van der Waals surface area contributed by atoms with Gasteiger partial charge in [-0.25, -0.2) is 18.7 Å². The van der Waals surface area contributed by atoms with Crippen molar-refractivity contribution in [3.8, 4) is 0 Å². The highest BCUT2D eigenvalue weighted by Gasteiger charge is 2.33. The van der Waals surface area contributed by atoms with Crippen molar-refractivity contribution in [3.63, 3.8) is 0 Å². The number of aliphatic hydroxyl groups excluding tert-OH is 1. The standard InChI is InChI=1S/C26H34F2N6O2/c1-26(2,36)15-3-8-18(9-4-15)34-23-22(32-25(34)31-21-12-5-16(27)13-20(21)28)14-29-24(33-23)30-17-6-10-19(35)11-7-17/h5,12-15,17-19,35-36H,3-4,6-11H2,1-2H3,(H,31,32)(H,29,30,33). The maximum atomic E-state index is 14.5. The van der Waals surface area contributed by atoms with Crippen LogP contribution in [0.5, 0.6) is 0 Å². The second-order valence-corrected chi connectivity index (χ2v) is 10.8. The van der Waals surface area contributed by atoms with Crippen LogP contribution in [-0.2, 0) is 0 Å². The third-order valence-corrected chi connectivity index (χ3v) is 7.70. The summed E-state index contributed by atoms with van der Waals surface area (Å²) in [7, 11) is 0. The largest absolute Gasteiger partial charge is 0.393 e. The molecule has 2 saturated carbocycles. The minimum absolute atomic E-state index is 0.0483. The Bertz CT molecular complexity index is 1210. The van der Waals surface area contributed by atoms with Gasteiger partial charge in [-0.15, -0.1) is 0 Å². The predicted octanol–water partition coefficient (Wildman–Crippen LogP) is 5.07. The molecule has 0 unspecified atom stereocenters. The maximum Gasteiger partial charge on any atom is 0.224 e. The highest BCUT2D eigenvalue weighted by atomic mass is 19.1. The quantitative estimate of drug-likeness (QED) is 0.374. The van der Waals surface area contributed by atoms with Crippen molar-refractivity contribution in [2.75, 3.05) is 10.6 Å². The molecule has 4 N–H and O–H groups in total. The van der Waals surface area contributed by atoms with E-state index in [1.54, 1.807) is 6.20 Å². The fraction of sp³-hybridized carbons (Fsp3) is 0.577. The van der Waals surface area contributed by atoms with Gasteiger partial charge in [0, 0.05) is 18.2 Å². The zero-order chi connectivity index (χ0) is 25.4. The number of nitrogens with zero attached hydrogens (tertiary/aromatic N) is 4. The number of rotatable bonds is 6. The van der Waals surface area contributed by atoms with Crippen LogP contribution in [0.4, 0.5) is 26.4 Å². The molecule has 5 rings (SSSR count). The molecule has 2 fully saturated rings. The lowest BCUT2D eigenvalue weighted by molar-refractivity contribution is -0.00457. The molecule has 10 heteroatoms. The van der Waals surface area contributed by atoms with Crippen molar-refractivity contribution < 1.29 is 19.0 Å². The van der Waals surface area contributed by atoms with Crippen LogP contribution in [0.1, 0.15) is 71.3 Å². The van der Waals surface area contributed by atoms with Crippen molar-refractivity contribution >= 4 is 28.7 Å². The first-order valence-corrected chi connectivity index (χ1v) is 12.8. The summed E-state index contributed by atoms with van der Waals surface area (Å²) in [6.45, 7) is 3.70. The Morgan fingerprint density at radius 1 is 1.00 bits per heavy atom.